The Bertz CT molecular complexity index is 603. The van der Waals surface area contributed by atoms with Crippen molar-refractivity contribution >= 4 is 28.1 Å². The number of aromatic nitrogens is 1. The van der Waals surface area contributed by atoms with Crippen LogP contribution in [0.1, 0.15) is 4.88 Å². The van der Waals surface area contributed by atoms with Gasteiger partial charge in [0.2, 0.25) is 0 Å². The van der Waals surface area contributed by atoms with Crippen molar-refractivity contribution in [2.45, 2.75) is 0 Å². The summed E-state index contributed by atoms with van der Waals surface area (Å²) < 4.78 is 13.7. The summed E-state index contributed by atoms with van der Waals surface area (Å²) in [4.78, 5) is 4.51. The lowest BCUT2D eigenvalue weighted by Crippen LogP contribution is -1.89. The molecule has 1 aromatic heterocycles. The summed E-state index contributed by atoms with van der Waals surface area (Å²) in [5.74, 6) is -0.446. The molecule has 3 nitrogen and oxygen atoms in total. The molecular formula is C11H7ClFN3S. The Morgan fingerprint density at radius 2 is 2.29 bits per heavy atom. The molecule has 0 saturated carbocycles. The number of halogens is 2. The van der Waals surface area contributed by atoms with Gasteiger partial charge in [0.1, 0.15) is 22.5 Å². The van der Waals surface area contributed by atoms with Gasteiger partial charge in [-0.1, -0.05) is 22.9 Å². The van der Waals surface area contributed by atoms with Gasteiger partial charge in [-0.3, -0.25) is 0 Å². The smallest absolute Gasteiger partial charge is 0.184 e. The zero-order chi connectivity index (χ0) is 12.4. The molecule has 2 rings (SSSR count). The molecule has 1 N–H and O–H groups in total. The van der Waals surface area contributed by atoms with Crippen molar-refractivity contribution in [3.8, 4) is 17.3 Å². The van der Waals surface area contributed by atoms with Crippen LogP contribution in [0.15, 0.2) is 18.2 Å². The molecule has 1 aromatic carbocycles. The van der Waals surface area contributed by atoms with Crippen molar-refractivity contribution in [3.63, 3.8) is 0 Å². The summed E-state index contributed by atoms with van der Waals surface area (Å²) in [6.07, 6.45) is 0. The van der Waals surface area contributed by atoms with Crippen LogP contribution in [-0.2, 0) is 0 Å². The van der Waals surface area contributed by atoms with E-state index in [1.54, 1.807) is 7.05 Å². The summed E-state index contributed by atoms with van der Waals surface area (Å²) in [5.41, 5.74) is 0.564. The highest BCUT2D eigenvalue weighted by molar-refractivity contribution is 7.16. The minimum Gasteiger partial charge on any atom is -0.365 e. The van der Waals surface area contributed by atoms with Gasteiger partial charge in [0.15, 0.2) is 5.13 Å². The average Bonchev–Trinajstić information content (AvgIpc) is 2.75. The van der Waals surface area contributed by atoms with Gasteiger partial charge >= 0.3 is 0 Å². The molecule has 0 amide bonds. The molecule has 0 bridgehead atoms. The molecule has 0 spiro atoms. The maximum Gasteiger partial charge on any atom is 0.184 e. The molecule has 2 aromatic rings. The Hall–Kier alpha value is -1.64. The summed E-state index contributed by atoms with van der Waals surface area (Å²) in [7, 11) is 1.69. The summed E-state index contributed by atoms with van der Waals surface area (Å²) in [6, 6.07) is 6.18. The third-order valence-corrected chi connectivity index (χ3v) is 3.34. The zero-order valence-corrected chi connectivity index (χ0v) is 10.4. The molecule has 1 heterocycles. The number of rotatable bonds is 2. The number of hydrogen-bond acceptors (Lipinski definition) is 4. The van der Waals surface area contributed by atoms with Crippen molar-refractivity contribution in [3.05, 3.63) is 33.9 Å². The normalized spacial score (nSPS) is 10.0. The molecular weight excluding hydrogens is 261 g/mol. The molecule has 0 radical (unpaired) electrons. The second-order valence-corrected chi connectivity index (χ2v) is 4.62. The van der Waals surface area contributed by atoms with Gasteiger partial charge in [0.25, 0.3) is 0 Å². The van der Waals surface area contributed by atoms with Gasteiger partial charge < -0.3 is 5.32 Å². The van der Waals surface area contributed by atoms with E-state index in [1.807, 2.05) is 6.07 Å². The average molecular weight is 268 g/mol. The summed E-state index contributed by atoms with van der Waals surface area (Å²) in [6.45, 7) is 0. The molecule has 0 saturated heterocycles. The van der Waals surface area contributed by atoms with Crippen LogP contribution in [0.4, 0.5) is 9.52 Å². The topological polar surface area (TPSA) is 48.7 Å². The van der Waals surface area contributed by atoms with Crippen LogP contribution < -0.4 is 5.32 Å². The maximum absolute atomic E-state index is 13.7. The van der Waals surface area contributed by atoms with Crippen molar-refractivity contribution in [1.29, 1.82) is 5.26 Å². The SMILES string of the molecule is CNc1nc(-c2cc(Cl)ccc2F)c(C#N)s1. The molecule has 86 valence electrons. The lowest BCUT2D eigenvalue weighted by Gasteiger charge is -2.00. The Morgan fingerprint density at radius 3 is 2.94 bits per heavy atom. The first-order chi connectivity index (χ1) is 8.15. The Labute approximate surface area is 106 Å². The zero-order valence-electron chi connectivity index (χ0n) is 8.79. The van der Waals surface area contributed by atoms with Gasteiger partial charge in [-0.25, -0.2) is 9.37 Å². The number of anilines is 1. The first-order valence-electron chi connectivity index (χ1n) is 4.70. The van der Waals surface area contributed by atoms with Crippen molar-refractivity contribution in [2.24, 2.45) is 0 Å². The van der Waals surface area contributed by atoms with E-state index in [0.717, 1.165) is 0 Å². The predicted molar refractivity (Wildman–Crippen MR) is 66.8 cm³/mol. The van der Waals surface area contributed by atoms with Crippen LogP contribution in [-0.4, -0.2) is 12.0 Å². The minimum atomic E-state index is -0.446. The van der Waals surface area contributed by atoms with Gasteiger partial charge in [0.05, 0.1) is 0 Å². The molecule has 0 aliphatic rings. The second kappa shape index (κ2) is 4.70. The summed E-state index contributed by atoms with van der Waals surface area (Å²) >= 11 is 6.99. The van der Waals surface area contributed by atoms with Gasteiger partial charge in [-0.05, 0) is 18.2 Å². The van der Waals surface area contributed by atoms with Crippen molar-refractivity contribution < 1.29 is 4.39 Å². The monoisotopic (exact) mass is 267 g/mol. The number of hydrogen-bond donors (Lipinski definition) is 1. The highest BCUT2D eigenvalue weighted by Crippen LogP contribution is 2.33. The fraction of sp³-hybridized carbons (Fsp3) is 0.0909. The first-order valence-corrected chi connectivity index (χ1v) is 5.89. The van der Waals surface area contributed by atoms with Crippen molar-refractivity contribution in [2.75, 3.05) is 12.4 Å². The molecule has 17 heavy (non-hydrogen) atoms. The predicted octanol–water partition coefficient (Wildman–Crippen LogP) is 3.52. The van der Waals surface area contributed by atoms with E-state index in [9.17, 15) is 4.39 Å². The van der Waals surface area contributed by atoms with Crippen LogP contribution in [0.3, 0.4) is 0 Å². The van der Waals surface area contributed by atoms with E-state index in [4.69, 9.17) is 16.9 Å². The van der Waals surface area contributed by atoms with Crippen LogP contribution in [0.5, 0.6) is 0 Å². The quantitative estimate of drug-likeness (QED) is 0.906. The number of nitrogens with one attached hydrogen (secondary N) is 1. The van der Waals surface area contributed by atoms with Crippen molar-refractivity contribution in [1.82, 2.24) is 4.98 Å². The van der Waals surface area contributed by atoms with E-state index in [1.165, 1.54) is 29.5 Å². The van der Waals surface area contributed by atoms with E-state index < -0.39 is 5.82 Å². The molecule has 0 aliphatic heterocycles. The Kier molecular flexibility index (Phi) is 3.27. The Balaban J connectivity index is 2.63. The standard InChI is InChI=1S/C11H7ClFN3S/c1-15-11-16-10(9(5-14)17-11)7-4-6(12)2-3-8(7)13/h2-4H,1H3,(H,15,16). The molecule has 0 unspecified atom stereocenters. The summed E-state index contributed by atoms with van der Waals surface area (Å²) in [5, 5.41) is 12.8. The third-order valence-electron chi connectivity index (χ3n) is 2.13. The van der Waals surface area contributed by atoms with Gasteiger partial charge in [-0.15, -0.1) is 0 Å². The fourth-order valence-corrected chi connectivity index (χ4v) is 2.27. The van der Waals surface area contributed by atoms with E-state index >= 15 is 0 Å². The van der Waals surface area contributed by atoms with Crippen LogP contribution in [0.2, 0.25) is 5.02 Å². The number of thiazole rings is 1. The highest BCUT2D eigenvalue weighted by Gasteiger charge is 2.16. The van der Waals surface area contributed by atoms with Crippen LogP contribution in [0, 0.1) is 17.1 Å². The maximum atomic E-state index is 13.7. The molecule has 0 atom stereocenters. The van der Waals surface area contributed by atoms with Crippen LogP contribution >= 0.6 is 22.9 Å². The fourth-order valence-electron chi connectivity index (χ4n) is 1.36. The lowest BCUT2D eigenvalue weighted by atomic mass is 10.1. The minimum absolute atomic E-state index is 0.242. The highest BCUT2D eigenvalue weighted by atomic mass is 35.5. The number of nitrogens with zero attached hydrogens (tertiary/aromatic N) is 2. The van der Waals surface area contributed by atoms with Crippen LogP contribution in [0.25, 0.3) is 11.3 Å². The third kappa shape index (κ3) is 2.23. The van der Waals surface area contributed by atoms with E-state index in [2.05, 4.69) is 10.3 Å². The number of nitriles is 1. The molecule has 6 heteroatoms. The first kappa shape index (κ1) is 11.8. The van der Waals surface area contributed by atoms with E-state index in [0.29, 0.717) is 20.7 Å². The largest absolute Gasteiger partial charge is 0.365 e. The molecule has 0 aliphatic carbocycles. The van der Waals surface area contributed by atoms with E-state index in [-0.39, 0.29) is 5.56 Å². The van der Waals surface area contributed by atoms with Gasteiger partial charge in [0, 0.05) is 17.6 Å². The number of benzene rings is 1. The Morgan fingerprint density at radius 1 is 1.53 bits per heavy atom. The lowest BCUT2D eigenvalue weighted by molar-refractivity contribution is 0.631. The second-order valence-electron chi connectivity index (χ2n) is 3.18. The molecule has 0 fully saturated rings. The van der Waals surface area contributed by atoms with Gasteiger partial charge in [-0.2, -0.15) is 5.26 Å².